The first kappa shape index (κ1) is 16.7. The number of imide groups is 1. The summed E-state index contributed by atoms with van der Waals surface area (Å²) in [5, 5.41) is 6.74. The Balaban J connectivity index is 1.53. The molecular weight excluding hydrogens is 339 g/mol. The smallest absolute Gasteiger partial charge is 0.325 e. The number of rotatable bonds is 3. The van der Waals surface area contributed by atoms with Crippen LogP contribution in [-0.4, -0.2) is 32.5 Å². The van der Waals surface area contributed by atoms with Gasteiger partial charge in [-0.1, -0.05) is 24.9 Å². The molecule has 136 valence electrons. The number of carbonyl (C=O) groups is 2. The van der Waals surface area contributed by atoms with Gasteiger partial charge in [-0.15, -0.1) is 0 Å². The summed E-state index contributed by atoms with van der Waals surface area (Å²) < 4.78 is 18.2. The molecule has 1 aliphatic heterocycles. The van der Waals surface area contributed by atoms with Crippen molar-refractivity contribution in [3.63, 3.8) is 0 Å². The third-order valence-corrected chi connectivity index (χ3v) is 5.37. The van der Waals surface area contributed by atoms with Crippen molar-refractivity contribution in [1.29, 1.82) is 0 Å². The van der Waals surface area contributed by atoms with Crippen molar-refractivity contribution < 1.29 is 18.5 Å². The maximum Gasteiger partial charge on any atom is 0.325 e. The normalized spacial score (nSPS) is 25.8. The second-order valence-electron chi connectivity index (χ2n) is 6.96. The molecule has 2 aliphatic rings. The molecular formula is C18H19FN4O3. The van der Waals surface area contributed by atoms with Crippen molar-refractivity contribution in [2.45, 2.75) is 44.7 Å². The average Bonchev–Trinajstić information content (AvgIpc) is 3.18. The molecule has 2 heterocycles. The first-order valence-corrected chi connectivity index (χ1v) is 8.72. The van der Waals surface area contributed by atoms with Crippen LogP contribution in [0.1, 0.15) is 38.5 Å². The van der Waals surface area contributed by atoms with E-state index in [4.69, 9.17) is 4.52 Å². The second-order valence-corrected chi connectivity index (χ2v) is 6.96. The van der Waals surface area contributed by atoms with E-state index in [9.17, 15) is 14.0 Å². The Morgan fingerprint density at radius 2 is 2.08 bits per heavy atom. The van der Waals surface area contributed by atoms with Crippen LogP contribution in [-0.2, 0) is 11.3 Å². The molecule has 1 aliphatic carbocycles. The van der Waals surface area contributed by atoms with Crippen LogP contribution in [0.4, 0.5) is 9.18 Å². The summed E-state index contributed by atoms with van der Waals surface area (Å²) in [4.78, 5) is 30.7. The molecule has 1 spiro atoms. The summed E-state index contributed by atoms with van der Waals surface area (Å²) >= 11 is 0. The van der Waals surface area contributed by atoms with Crippen LogP contribution in [0, 0.1) is 11.7 Å². The average molecular weight is 358 g/mol. The third kappa shape index (κ3) is 2.65. The van der Waals surface area contributed by atoms with E-state index in [0.717, 1.165) is 24.2 Å². The van der Waals surface area contributed by atoms with E-state index in [1.165, 1.54) is 24.3 Å². The van der Waals surface area contributed by atoms with E-state index in [-0.39, 0.29) is 35.9 Å². The Labute approximate surface area is 149 Å². The van der Waals surface area contributed by atoms with Gasteiger partial charge in [0.15, 0.2) is 0 Å². The van der Waals surface area contributed by atoms with Gasteiger partial charge in [0.2, 0.25) is 11.7 Å². The number of aromatic nitrogens is 2. The fraction of sp³-hybridized carbons (Fsp3) is 0.444. The molecule has 2 unspecified atom stereocenters. The lowest BCUT2D eigenvalue weighted by Crippen LogP contribution is -2.53. The molecule has 1 N–H and O–H groups in total. The third-order valence-electron chi connectivity index (χ3n) is 5.37. The van der Waals surface area contributed by atoms with Crippen LogP contribution in [0.25, 0.3) is 11.4 Å². The summed E-state index contributed by atoms with van der Waals surface area (Å²) in [6.07, 6.45) is 3.55. The van der Waals surface area contributed by atoms with Crippen molar-refractivity contribution in [3.05, 3.63) is 36.0 Å². The van der Waals surface area contributed by atoms with Crippen LogP contribution in [0.15, 0.2) is 28.8 Å². The van der Waals surface area contributed by atoms with E-state index in [0.29, 0.717) is 12.0 Å². The number of nitrogens with zero attached hydrogens (tertiary/aromatic N) is 3. The molecule has 2 aromatic rings. The summed E-state index contributed by atoms with van der Waals surface area (Å²) in [5.74, 6) is -0.0452. The molecule has 1 saturated carbocycles. The van der Waals surface area contributed by atoms with E-state index in [1.54, 1.807) is 0 Å². The number of benzene rings is 1. The van der Waals surface area contributed by atoms with Crippen molar-refractivity contribution in [2.24, 2.45) is 5.92 Å². The standard InChI is InChI=1S/C18H19FN4O3/c1-11-4-2-3-9-18(11)16(24)23(17(25)21-18)10-14-20-15(22-26-14)12-5-7-13(19)8-6-12/h5-8,11H,2-4,9-10H2,1H3,(H,21,25). The summed E-state index contributed by atoms with van der Waals surface area (Å²) in [5.41, 5.74) is -0.217. The minimum absolute atomic E-state index is 0.0761. The largest absolute Gasteiger partial charge is 0.337 e. The fourth-order valence-corrected chi connectivity index (χ4v) is 3.81. The van der Waals surface area contributed by atoms with E-state index in [1.807, 2.05) is 6.92 Å². The highest BCUT2D eigenvalue weighted by atomic mass is 19.1. The predicted molar refractivity (Wildman–Crippen MR) is 89.1 cm³/mol. The van der Waals surface area contributed by atoms with Crippen molar-refractivity contribution in [1.82, 2.24) is 20.4 Å². The minimum atomic E-state index is -0.810. The number of hydrogen-bond donors (Lipinski definition) is 1. The van der Waals surface area contributed by atoms with Gasteiger partial charge in [-0.2, -0.15) is 4.98 Å². The monoisotopic (exact) mass is 358 g/mol. The second kappa shape index (κ2) is 6.19. The number of hydrogen-bond acceptors (Lipinski definition) is 5. The number of halogens is 1. The SMILES string of the molecule is CC1CCCCC12NC(=O)N(Cc1nc(-c3ccc(F)cc3)no1)C2=O. The summed E-state index contributed by atoms with van der Waals surface area (Å²) in [6.45, 7) is 1.92. The molecule has 8 heteroatoms. The first-order valence-electron chi connectivity index (χ1n) is 8.72. The lowest BCUT2D eigenvalue weighted by molar-refractivity contribution is -0.134. The summed E-state index contributed by atoms with van der Waals surface area (Å²) in [7, 11) is 0. The zero-order chi connectivity index (χ0) is 18.3. The number of carbonyl (C=O) groups excluding carboxylic acids is 2. The van der Waals surface area contributed by atoms with Crippen LogP contribution >= 0.6 is 0 Å². The minimum Gasteiger partial charge on any atom is -0.337 e. The van der Waals surface area contributed by atoms with Crippen LogP contribution in [0.2, 0.25) is 0 Å². The highest BCUT2D eigenvalue weighted by molar-refractivity contribution is 6.07. The summed E-state index contributed by atoms with van der Waals surface area (Å²) in [6, 6.07) is 5.26. The Hall–Kier alpha value is -2.77. The molecule has 0 bridgehead atoms. The highest BCUT2D eigenvalue weighted by Gasteiger charge is 2.55. The molecule has 2 atom stereocenters. The molecule has 1 aromatic heterocycles. The zero-order valence-electron chi connectivity index (χ0n) is 14.4. The fourth-order valence-electron chi connectivity index (χ4n) is 3.81. The maximum absolute atomic E-state index is 13.0. The molecule has 1 aromatic carbocycles. The van der Waals surface area contributed by atoms with Gasteiger partial charge in [0, 0.05) is 5.56 Å². The Morgan fingerprint density at radius 1 is 1.31 bits per heavy atom. The van der Waals surface area contributed by atoms with Crippen molar-refractivity contribution in [3.8, 4) is 11.4 Å². The van der Waals surface area contributed by atoms with Gasteiger partial charge in [-0.25, -0.2) is 9.18 Å². The lowest BCUT2D eigenvalue weighted by atomic mass is 9.73. The first-order chi connectivity index (χ1) is 12.5. The number of amides is 3. The molecule has 7 nitrogen and oxygen atoms in total. The number of urea groups is 1. The van der Waals surface area contributed by atoms with Crippen LogP contribution in [0.5, 0.6) is 0 Å². The van der Waals surface area contributed by atoms with Crippen molar-refractivity contribution in [2.75, 3.05) is 0 Å². The maximum atomic E-state index is 13.0. The predicted octanol–water partition coefficient (Wildman–Crippen LogP) is 2.88. The molecule has 4 rings (SSSR count). The number of nitrogens with one attached hydrogen (secondary N) is 1. The van der Waals surface area contributed by atoms with Gasteiger partial charge in [-0.05, 0) is 43.0 Å². The molecule has 1 saturated heterocycles. The van der Waals surface area contributed by atoms with E-state index in [2.05, 4.69) is 15.5 Å². The van der Waals surface area contributed by atoms with Gasteiger partial charge >= 0.3 is 6.03 Å². The van der Waals surface area contributed by atoms with E-state index >= 15 is 0 Å². The van der Waals surface area contributed by atoms with Crippen molar-refractivity contribution >= 4 is 11.9 Å². The van der Waals surface area contributed by atoms with Gasteiger partial charge in [0.05, 0.1) is 0 Å². The quantitative estimate of drug-likeness (QED) is 0.853. The van der Waals surface area contributed by atoms with Gasteiger partial charge < -0.3 is 9.84 Å². The van der Waals surface area contributed by atoms with Gasteiger partial charge in [-0.3, -0.25) is 9.69 Å². The molecule has 3 amide bonds. The van der Waals surface area contributed by atoms with E-state index < -0.39 is 11.6 Å². The lowest BCUT2D eigenvalue weighted by Gasteiger charge is -2.36. The Morgan fingerprint density at radius 3 is 2.81 bits per heavy atom. The highest BCUT2D eigenvalue weighted by Crippen LogP contribution is 2.38. The molecule has 26 heavy (non-hydrogen) atoms. The topological polar surface area (TPSA) is 88.3 Å². The molecule has 0 radical (unpaired) electrons. The van der Waals surface area contributed by atoms with Gasteiger partial charge in [0.1, 0.15) is 17.9 Å². The zero-order valence-corrected chi connectivity index (χ0v) is 14.4. The molecule has 2 fully saturated rings. The Kier molecular flexibility index (Phi) is 3.97. The van der Waals surface area contributed by atoms with Crippen LogP contribution in [0.3, 0.4) is 0 Å². The van der Waals surface area contributed by atoms with Crippen LogP contribution < -0.4 is 5.32 Å². The Bertz CT molecular complexity index is 850. The van der Waals surface area contributed by atoms with Gasteiger partial charge in [0.25, 0.3) is 5.91 Å².